The molecule has 96 valence electrons. The van der Waals surface area contributed by atoms with E-state index in [0.29, 0.717) is 12.2 Å². The second-order valence-electron chi connectivity index (χ2n) is 5.68. The van der Waals surface area contributed by atoms with Crippen LogP contribution < -0.4 is 0 Å². The second-order valence-corrected chi connectivity index (χ2v) is 5.68. The summed E-state index contributed by atoms with van der Waals surface area (Å²) >= 11 is 0. The predicted molar refractivity (Wildman–Crippen MR) is 70.5 cm³/mol. The first-order valence-corrected chi connectivity index (χ1v) is 6.10. The van der Waals surface area contributed by atoms with Crippen LogP contribution in [0.4, 0.5) is 0 Å². The lowest BCUT2D eigenvalue weighted by molar-refractivity contribution is -0.146. The molecule has 0 unspecified atom stereocenters. The van der Waals surface area contributed by atoms with Crippen LogP contribution in [0.2, 0.25) is 0 Å². The number of hydrogen-bond donors (Lipinski definition) is 0. The molecule has 0 N–H and O–H groups in total. The summed E-state index contributed by atoms with van der Waals surface area (Å²) in [4.78, 5) is 13.6. The fraction of sp³-hybridized carbons (Fsp3) is 0.400. The van der Waals surface area contributed by atoms with Gasteiger partial charge in [-0.1, -0.05) is 57.7 Å². The van der Waals surface area contributed by atoms with Gasteiger partial charge in [-0.15, -0.1) is 0 Å². The highest BCUT2D eigenvalue weighted by molar-refractivity contribution is 5.89. The molecule has 3 heteroatoms. The van der Waals surface area contributed by atoms with Crippen LogP contribution in [0.25, 0.3) is 0 Å². The molecule has 0 radical (unpaired) electrons. The number of nitrogens with zero attached hydrogens (tertiary/aromatic N) is 1. The first-order valence-electron chi connectivity index (χ1n) is 6.10. The van der Waals surface area contributed by atoms with Crippen LogP contribution in [0.3, 0.4) is 0 Å². The maximum Gasteiger partial charge on any atom is 0.356 e. The summed E-state index contributed by atoms with van der Waals surface area (Å²) in [5.74, 6) is -0.314. The molecule has 1 fully saturated rings. The molecule has 1 saturated heterocycles. The highest BCUT2D eigenvalue weighted by atomic mass is 16.6. The lowest BCUT2D eigenvalue weighted by Crippen LogP contribution is -2.39. The first kappa shape index (κ1) is 12.7. The highest BCUT2D eigenvalue weighted by Gasteiger charge is 2.42. The Morgan fingerprint density at radius 2 is 1.89 bits per heavy atom. The molecule has 0 amide bonds. The van der Waals surface area contributed by atoms with E-state index in [4.69, 9.17) is 4.74 Å². The van der Waals surface area contributed by atoms with Crippen molar-refractivity contribution in [2.24, 2.45) is 5.41 Å². The lowest BCUT2D eigenvalue weighted by Gasteiger charge is -2.33. The standard InChI is InChI=1S/C15H19NO2/c1-11-13(17)18-14(15(2,3)4)16(11)10-12-8-6-5-7-9-12/h5-9,14H,1,10H2,2-4H3/t14-/m0/s1. The average Bonchev–Trinajstić information content (AvgIpc) is 2.58. The molecule has 18 heavy (non-hydrogen) atoms. The molecule has 3 nitrogen and oxygen atoms in total. The van der Waals surface area contributed by atoms with Gasteiger partial charge in [0.05, 0.1) is 0 Å². The van der Waals surface area contributed by atoms with E-state index in [2.05, 4.69) is 27.4 Å². The molecular formula is C15H19NO2. The molecule has 1 atom stereocenters. The zero-order valence-electron chi connectivity index (χ0n) is 11.1. The molecule has 0 saturated carbocycles. The van der Waals surface area contributed by atoms with Crippen molar-refractivity contribution in [3.05, 3.63) is 48.2 Å². The number of carbonyl (C=O) groups excluding carboxylic acids is 1. The molecule has 1 heterocycles. The van der Waals surface area contributed by atoms with Gasteiger partial charge in [-0.3, -0.25) is 0 Å². The van der Waals surface area contributed by atoms with E-state index in [9.17, 15) is 4.79 Å². The molecule has 1 aliphatic rings. The van der Waals surface area contributed by atoms with E-state index in [1.54, 1.807) is 0 Å². The second kappa shape index (κ2) is 4.48. The molecule has 1 aliphatic heterocycles. The molecule has 1 aromatic carbocycles. The van der Waals surface area contributed by atoms with Gasteiger partial charge in [0.1, 0.15) is 5.70 Å². The van der Waals surface area contributed by atoms with Crippen molar-refractivity contribution in [3.8, 4) is 0 Å². The van der Waals surface area contributed by atoms with Gasteiger partial charge >= 0.3 is 5.97 Å². The zero-order valence-corrected chi connectivity index (χ0v) is 11.1. The zero-order chi connectivity index (χ0) is 13.3. The molecule has 0 aromatic heterocycles. The van der Waals surface area contributed by atoms with Gasteiger partial charge in [-0.05, 0) is 5.56 Å². The SMILES string of the molecule is C=C1C(=O)O[C@@H](C(C)(C)C)N1Cc1ccccc1. The minimum absolute atomic E-state index is 0.135. The summed E-state index contributed by atoms with van der Waals surface area (Å²) in [6.07, 6.45) is -0.252. The predicted octanol–water partition coefficient (Wildman–Crippen LogP) is 2.93. The van der Waals surface area contributed by atoms with Crippen molar-refractivity contribution in [3.63, 3.8) is 0 Å². The van der Waals surface area contributed by atoms with Crippen LogP contribution in [0.15, 0.2) is 42.6 Å². The monoisotopic (exact) mass is 245 g/mol. The van der Waals surface area contributed by atoms with Gasteiger partial charge in [0, 0.05) is 12.0 Å². The third-order valence-electron chi connectivity index (χ3n) is 3.02. The number of carbonyl (C=O) groups is 1. The number of esters is 1. The number of cyclic esters (lactones) is 1. The van der Waals surface area contributed by atoms with Crippen LogP contribution >= 0.6 is 0 Å². The maximum atomic E-state index is 11.7. The van der Waals surface area contributed by atoms with Crippen molar-refractivity contribution in [2.75, 3.05) is 0 Å². The van der Waals surface area contributed by atoms with Crippen LogP contribution in [0.1, 0.15) is 26.3 Å². The normalized spacial score (nSPS) is 20.2. The molecule has 2 rings (SSSR count). The van der Waals surface area contributed by atoms with E-state index in [0.717, 1.165) is 5.56 Å². The fourth-order valence-electron chi connectivity index (χ4n) is 2.09. The summed E-state index contributed by atoms with van der Waals surface area (Å²) < 4.78 is 5.41. The third-order valence-corrected chi connectivity index (χ3v) is 3.02. The van der Waals surface area contributed by atoms with Crippen LogP contribution in [0.5, 0.6) is 0 Å². The number of rotatable bonds is 2. The number of hydrogen-bond acceptors (Lipinski definition) is 3. The van der Waals surface area contributed by atoms with Crippen molar-refractivity contribution < 1.29 is 9.53 Å². The van der Waals surface area contributed by atoms with Gasteiger partial charge < -0.3 is 9.64 Å². The summed E-state index contributed by atoms with van der Waals surface area (Å²) in [6, 6.07) is 10.0. The van der Waals surface area contributed by atoms with Crippen LogP contribution in [-0.2, 0) is 16.1 Å². The highest BCUT2D eigenvalue weighted by Crippen LogP contribution is 2.34. The van der Waals surface area contributed by atoms with Gasteiger partial charge in [0.25, 0.3) is 0 Å². The topological polar surface area (TPSA) is 29.5 Å². The lowest BCUT2D eigenvalue weighted by atomic mass is 9.93. The number of ether oxygens (including phenoxy) is 1. The van der Waals surface area contributed by atoms with E-state index in [1.165, 1.54) is 0 Å². The maximum absolute atomic E-state index is 11.7. The van der Waals surface area contributed by atoms with Crippen molar-refractivity contribution in [1.29, 1.82) is 0 Å². The van der Waals surface area contributed by atoms with Gasteiger partial charge in [0.15, 0.2) is 6.23 Å². The summed E-state index contributed by atoms with van der Waals surface area (Å²) in [6.45, 7) is 10.6. The first-order chi connectivity index (χ1) is 8.39. The largest absolute Gasteiger partial charge is 0.436 e. The van der Waals surface area contributed by atoms with E-state index in [-0.39, 0.29) is 17.6 Å². The molecule has 0 aliphatic carbocycles. The molecule has 1 aromatic rings. The summed E-state index contributed by atoms with van der Waals surface area (Å²) in [5.41, 5.74) is 1.45. The van der Waals surface area contributed by atoms with Crippen molar-refractivity contribution in [2.45, 2.75) is 33.5 Å². The van der Waals surface area contributed by atoms with Gasteiger partial charge in [-0.2, -0.15) is 0 Å². The van der Waals surface area contributed by atoms with Crippen LogP contribution in [0, 0.1) is 5.41 Å². The minimum atomic E-state index is -0.314. The van der Waals surface area contributed by atoms with E-state index in [1.807, 2.05) is 35.2 Å². The summed E-state index contributed by atoms with van der Waals surface area (Å²) in [5, 5.41) is 0. The Morgan fingerprint density at radius 3 is 2.44 bits per heavy atom. The molecule has 0 spiro atoms. The van der Waals surface area contributed by atoms with E-state index < -0.39 is 0 Å². The van der Waals surface area contributed by atoms with Crippen LogP contribution in [-0.4, -0.2) is 17.1 Å². The van der Waals surface area contributed by atoms with E-state index >= 15 is 0 Å². The van der Waals surface area contributed by atoms with Crippen molar-refractivity contribution >= 4 is 5.97 Å². The van der Waals surface area contributed by atoms with Gasteiger partial charge in [-0.25, -0.2) is 4.79 Å². The third kappa shape index (κ3) is 2.40. The Kier molecular flexibility index (Phi) is 3.16. The Morgan fingerprint density at radius 1 is 1.28 bits per heavy atom. The number of benzene rings is 1. The summed E-state index contributed by atoms with van der Waals surface area (Å²) in [7, 11) is 0. The Hall–Kier alpha value is -1.77. The van der Waals surface area contributed by atoms with Gasteiger partial charge in [0.2, 0.25) is 0 Å². The molecule has 0 bridgehead atoms. The minimum Gasteiger partial charge on any atom is -0.436 e. The fourth-order valence-corrected chi connectivity index (χ4v) is 2.09. The Balaban J connectivity index is 2.23. The Bertz CT molecular complexity index is 459. The smallest absolute Gasteiger partial charge is 0.356 e. The van der Waals surface area contributed by atoms with Crippen molar-refractivity contribution in [1.82, 2.24) is 4.90 Å². The molecular weight excluding hydrogens is 226 g/mol. The average molecular weight is 245 g/mol. The Labute approximate surface area is 108 Å². The quantitative estimate of drug-likeness (QED) is 0.592.